The van der Waals surface area contributed by atoms with Gasteiger partial charge in [0, 0.05) is 24.8 Å². The second-order valence-corrected chi connectivity index (χ2v) is 5.50. The second-order valence-electron chi connectivity index (χ2n) is 5.50. The van der Waals surface area contributed by atoms with Gasteiger partial charge in [-0.3, -0.25) is 0 Å². The Morgan fingerprint density at radius 3 is 3.00 bits per heavy atom. The fourth-order valence-corrected chi connectivity index (χ4v) is 2.52. The Labute approximate surface area is 122 Å². The molecule has 1 aliphatic rings. The van der Waals surface area contributed by atoms with Crippen molar-refractivity contribution >= 4 is 0 Å². The number of nitrogens with one attached hydrogen (secondary N) is 1. The highest BCUT2D eigenvalue weighted by Gasteiger charge is 2.17. The lowest BCUT2D eigenvalue weighted by Gasteiger charge is -2.20. The molecule has 1 aromatic carbocycles. The molecule has 112 valence electrons. The zero-order chi connectivity index (χ0) is 14.2. The van der Waals surface area contributed by atoms with Crippen molar-refractivity contribution in [3.8, 4) is 5.75 Å². The predicted octanol–water partition coefficient (Wildman–Crippen LogP) is 3.70. The molecule has 3 nitrogen and oxygen atoms in total. The van der Waals surface area contributed by atoms with Crippen molar-refractivity contribution in [2.24, 2.45) is 0 Å². The van der Waals surface area contributed by atoms with E-state index in [1.165, 1.54) is 18.4 Å². The molecule has 0 unspecified atom stereocenters. The highest BCUT2D eigenvalue weighted by atomic mass is 16.5. The van der Waals surface area contributed by atoms with E-state index < -0.39 is 0 Å². The van der Waals surface area contributed by atoms with Crippen molar-refractivity contribution in [3.63, 3.8) is 0 Å². The third-order valence-corrected chi connectivity index (χ3v) is 3.82. The Kier molecular flexibility index (Phi) is 6.34. The van der Waals surface area contributed by atoms with Gasteiger partial charge in [0.15, 0.2) is 0 Å². The lowest BCUT2D eigenvalue weighted by Crippen LogP contribution is -2.28. The molecule has 3 heteroatoms. The van der Waals surface area contributed by atoms with E-state index in [4.69, 9.17) is 9.47 Å². The summed E-state index contributed by atoms with van der Waals surface area (Å²) in [4.78, 5) is 0. The van der Waals surface area contributed by atoms with Crippen LogP contribution in [-0.2, 0) is 4.74 Å². The Bertz CT molecular complexity index is 388. The zero-order valence-electron chi connectivity index (χ0n) is 12.7. The first kappa shape index (κ1) is 15.3. The van der Waals surface area contributed by atoms with Crippen molar-refractivity contribution in [3.05, 3.63) is 29.8 Å². The van der Waals surface area contributed by atoms with Crippen LogP contribution >= 0.6 is 0 Å². The Morgan fingerprint density at radius 1 is 1.40 bits per heavy atom. The average molecular weight is 277 g/mol. The smallest absolute Gasteiger partial charge is 0.124 e. The van der Waals surface area contributed by atoms with E-state index in [-0.39, 0.29) is 6.04 Å². The first-order chi connectivity index (χ1) is 9.81. The van der Waals surface area contributed by atoms with Crippen molar-refractivity contribution < 1.29 is 9.47 Å². The molecule has 1 aromatic rings. The Morgan fingerprint density at radius 2 is 2.25 bits per heavy atom. The van der Waals surface area contributed by atoms with E-state index in [0.29, 0.717) is 6.10 Å². The topological polar surface area (TPSA) is 30.5 Å². The summed E-state index contributed by atoms with van der Waals surface area (Å²) >= 11 is 0. The standard InChI is InChI=1S/C17H27NO2/c1-3-4-11-20-17-10-6-5-9-16(17)14(2)18-13-15-8-7-12-19-15/h5-6,9-10,14-15,18H,3-4,7-8,11-13H2,1-2H3/t14-,15-/m0/s1. The van der Waals surface area contributed by atoms with Gasteiger partial charge in [-0.2, -0.15) is 0 Å². The minimum Gasteiger partial charge on any atom is -0.493 e. The maximum absolute atomic E-state index is 5.90. The molecule has 0 bridgehead atoms. The van der Waals surface area contributed by atoms with Crippen molar-refractivity contribution in [1.29, 1.82) is 0 Å². The molecular weight excluding hydrogens is 250 g/mol. The quantitative estimate of drug-likeness (QED) is 0.735. The van der Waals surface area contributed by atoms with Crippen LogP contribution in [-0.4, -0.2) is 25.9 Å². The van der Waals surface area contributed by atoms with Crippen LogP contribution in [0.5, 0.6) is 5.75 Å². The van der Waals surface area contributed by atoms with Gasteiger partial charge >= 0.3 is 0 Å². The van der Waals surface area contributed by atoms with E-state index in [9.17, 15) is 0 Å². The molecular formula is C17H27NO2. The zero-order valence-corrected chi connectivity index (χ0v) is 12.7. The summed E-state index contributed by atoms with van der Waals surface area (Å²) in [6.07, 6.45) is 5.01. The first-order valence-corrected chi connectivity index (χ1v) is 7.88. The van der Waals surface area contributed by atoms with Gasteiger partial charge in [0.2, 0.25) is 0 Å². The molecule has 2 rings (SSSR count). The molecule has 0 radical (unpaired) electrons. The normalized spacial score (nSPS) is 20.0. The van der Waals surface area contributed by atoms with Gasteiger partial charge in [0.05, 0.1) is 12.7 Å². The van der Waals surface area contributed by atoms with Gasteiger partial charge in [-0.25, -0.2) is 0 Å². The summed E-state index contributed by atoms with van der Waals surface area (Å²) < 4.78 is 11.6. The van der Waals surface area contributed by atoms with Crippen LogP contribution < -0.4 is 10.1 Å². The van der Waals surface area contributed by atoms with Gasteiger partial charge in [-0.1, -0.05) is 31.5 Å². The molecule has 1 heterocycles. The number of hydrogen-bond donors (Lipinski definition) is 1. The minimum atomic E-state index is 0.289. The van der Waals surface area contributed by atoms with Gasteiger partial charge < -0.3 is 14.8 Å². The number of rotatable bonds is 8. The molecule has 0 aliphatic carbocycles. The molecule has 0 amide bonds. The van der Waals surface area contributed by atoms with E-state index >= 15 is 0 Å². The summed E-state index contributed by atoms with van der Waals surface area (Å²) in [6.45, 7) is 7.01. The van der Waals surface area contributed by atoms with Gasteiger partial charge in [0.25, 0.3) is 0 Å². The molecule has 1 N–H and O–H groups in total. The average Bonchev–Trinajstić information content (AvgIpc) is 2.99. The number of unbranched alkanes of at least 4 members (excludes halogenated alkanes) is 1. The summed E-state index contributed by atoms with van der Waals surface area (Å²) in [5, 5.41) is 3.57. The number of para-hydroxylation sites is 1. The van der Waals surface area contributed by atoms with Crippen molar-refractivity contribution in [2.75, 3.05) is 19.8 Å². The monoisotopic (exact) mass is 277 g/mol. The molecule has 1 saturated heterocycles. The summed E-state index contributed by atoms with van der Waals surface area (Å²) in [7, 11) is 0. The molecule has 1 aliphatic heterocycles. The van der Waals surface area contributed by atoms with Crippen LogP contribution in [0, 0.1) is 0 Å². The van der Waals surface area contributed by atoms with Crippen LogP contribution in [0.4, 0.5) is 0 Å². The van der Waals surface area contributed by atoms with Gasteiger partial charge in [-0.05, 0) is 32.3 Å². The summed E-state index contributed by atoms with van der Waals surface area (Å²) in [5.74, 6) is 1.01. The lowest BCUT2D eigenvalue weighted by atomic mass is 10.1. The Balaban J connectivity index is 1.88. The van der Waals surface area contributed by atoms with Crippen LogP contribution in [0.2, 0.25) is 0 Å². The van der Waals surface area contributed by atoms with Gasteiger partial charge in [-0.15, -0.1) is 0 Å². The molecule has 1 fully saturated rings. The van der Waals surface area contributed by atoms with Crippen LogP contribution in [0.1, 0.15) is 51.1 Å². The van der Waals surface area contributed by atoms with Gasteiger partial charge in [0.1, 0.15) is 5.75 Å². The largest absolute Gasteiger partial charge is 0.493 e. The summed E-state index contributed by atoms with van der Waals surface area (Å²) in [5.41, 5.74) is 1.24. The maximum Gasteiger partial charge on any atom is 0.124 e. The molecule has 20 heavy (non-hydrogen) atoms. The van der Waals surface area contributed by atoms with Crippen molar-refractivity contribution in [1.82, 2.24) is 5.32 Å². The highest BCUT2D eigenvalue weighted by molar-refractivity contribution is 5.35. The first-order valence-electron chi connectivity index (χ1n) is 7.88. The number of hydrogen-bond acceptors (Lipinski definition) is 3. The van der Waals surface area contributed by atoms with Crippen LogP contribution in [0.3, 0.4) is 0 Å². The summed E-state index contributed by atoms with van der Waals surface area (Å²) in [6, 6.07) is 8.62. The number of ether oxygens (including phenoxy) is 2. The molecule has 0 spiro atoms. The van der Waals surface area contributed by atoms with E-state index in [2.05, 4.69) is 37.4 Å². The van der Waals surface area contributed by atoms with E-state index in [0.717, 1.165) is 38.3 Å². The fraction of sp³-hybridized carbons (Fsp3) is 0.647. The van der Waals surface area contributed by atoms with Crippen LogP contribution in [0.15, 0.2) is 24.3 Å². The molecule has 0 saturated carbocycles. The van der Waals surface area contributed by atoms with E-state index in [1.54, 1.807) is 0 Å². The minimum absolute atomic E-state index is 0.289. The van der Waals surface area contributed by atoms with Crippen molar-refractivity contribution in [2.45, 2.75) is 51.7 Å². The SMILES string of the molecule is CCCCOc1ccccc1[C@H](C)NC[C@@H]1CCCO1. The van der Waals surface area contributed by atoms with Crippen LogP contribution in [0.25, 0.3) is 0 Å². The number of benzene rings is 1. The predicted molar refractivity (Wildman–Crippen MR) is 82.2 cm³/mol. The Hall–Kier alpha value is -1.06. The lowest BCUT2D eigenvalue weighted by molar-refractivity contribution is 0.108. The third-order valence-electron chi connectivity index (χ3n) is 3.82. The third kappa shape index (κ3) is 4.50. The fourth-order valence-electron chi connectivity index (χ4n) is 2.52. The van der Waals surface area contributed by atoms with E-state index in [1.807, 2.05) is 6.07 Å². The highest BCUT2D eigenvalue weighted by Crippen LogP contribution is 2.25. The molecule has 0 aromatic heterocycles. The second kappa shape index (κ2) is 8.28. The molecule has 2 atom stereocenters. The maximum atomic E-state index is 5.90.